The molecule has 0 bridgehead atoms. The fraction of sp³-hybridized carbons (Fsp3) is 0.522. The first-order chi connectivity index (χ1) is 14.5. The lowest BCUT2D eigenvalue weighted by Gasteiger charge is -2.38. The Balaban J connectivity index is 1.51. The summed E-state index contributed by atoms with van der Waals surface area (Å²) in [6.45, 7) is 13.8. The molecule has 1 N–H and O–H groups in total. The molecule has 3 heterocycles. The van der Waals surface area contributed by atoms with Gasteiger partial charge in [0.1, 0.15) is 18.3 Å². The molecule has 1 atom stereocenters. The molecule has 1 saturated heterocycles. The molecule has 7 nitrogen and oxygen atoms in total. The molecule has 1 aliphatic rings. The molecule has 0 unspecified atom stereocenters. The minimum atomic E-state index is 0.288. The quantitative estimate of drug-likeness (QED) is 0.649. The van der Waals surface area contributed by atoms with E-state index in [4.69, 9.17) is 4.42 Å². The Kier molecular flexibility index (Phi) is 6.18. The van der Waals surface area contributed by atoms with E-state index in [9.17, 15) is 0 Å². The zero-order valence-corrected chi connectivity index (χ0v) is 18.5. The Bertz CT molecular complexity index is 941. The van der Waals surface area contributed by atoms with E-state index in [1.54, 1.807) is 11.2 Å². The lowest BCUT2D eigenvalue weighted by Crippen LogP contribution is -3.15. The van der Waals surface area contributed by atoms with Crippen LogP contribution in [0.3, 0.4) is 0 Å². The van der Waals surface area contributed by atoms with Crippen molar-refractivity contribution in [3.8, 4) is 0 Å². The van der Waals surface area contributed by atoms with E-state index in [1.807, 2.05) is 16.8 Å². The van der Waals surface area contributed by atoms with Crippen LogP contribution in [0.2, 0.25) is 0 Å². The lowest BCUT2D eigenvalue weighted by molar-refractivity contribution is -0.934. The van der Waals surface area contributed by atoms with Crippen LogP contribution in [-0.4, -0.2) is 46.4 Å². The maximum atomic E-state index is 5.52. The molecule has 1 aromatic carbocycles. The Morgan fingerprint density at radius 3 is 2.60 bits per heavy atom. The predicted molar refractivity (Wildman–Crippen MR) is 117 cm³/mol. The fourth-order valence-corrected chi connectivity index (χ4v) is 4.51. The van der Waals surface area contributed by atoms with Gasteiger partial charge < -0.3 is 14.2 Å². The van der Waals surface area contributed by atoms with Crippen molar-refractivity contribution in [2.24, 2.45) is 5.92 Å². The van der Waals surface area contributed by atoms with Gasteiger partial charge in [0.15, 0.2) is 0 Å². The van der Waals surface area contributed by atoms with Crippen LogP contribution >= 0.6 is 0 Å². The van der Waals surface area contributed by atoms with E-state index >= 15 is 0 Å². The Morgan fingerprint density at radius 2 is 1.90 bits per heavy atom. The first-order valence-electron chi connectivity index (χ1n) is 11.0. The van der Waals surface area contributed by atoms with Crippen molar-refractivity contribution >= 4 is 5.69 Å². The monoisotopic (exact) mass is 409 g/mol. The number of anilines is 1. The number of rotatable bonds is 7. The van der Waals surface area contributed by atoms with E-state index in [0.29, 0.717) is 12.5 Å². The number of hydrogen-bond acceptors (Lipinski definition) is 5. The van der Waals surface area contributed by atoms with Crippen LogP contribution in [0.15, 0.2) is 41.0 Å². The average Bonchev–Trinajstić information content (AvgIpc) is 3.41. The summed E-state index contributed by atoms with van der Waals surface area (Å²) in [5, 5.41) is 12.7. The summed E-state index contributed by atoms with van der Waals surface area (Å²) in [7, 11) is 0. The molecule has 1 aliphatic heterocycles. The molecule has 3 aromatic rings. The van der Waals surface area contributed by atoms with Gasteiger partial charge in [-0.1, -0.05) is 26.0 Å². The summed E-state index contributed by atoms with van der Waals surface area (Å²) in [6, 6.07) is 10.8. The molecule has 0 radical (unpaired) electrons. The zero-order valence-electron chi connectivity index (χ0n) is 18.5. The molecule has 0 aliphatic carbocycles. The summed E-state index contributed by atoms with van der Waals surface area (Å²) in [6.07, 6.45) is 2.76. The van der Waals surface area contributed by atoms with Crippen LogP contribution in [-0.2, 0) is 6.54 Å². The van der Waals surface area contributed by atoms with Crippen molar-refractivity contribution in [3.63, 3.8) is 0 Å². The highest BCUT2D eigenvalue weighted by Gasteiger charge is 2.33. The lowest BCUT2D eigenvalue weighted by atomic mass is 10.0. The van der Waals surface area contributed by atoms with Crippen LogP contribution < -0.4 is 9.80 Å². The number of nitrogens with one attached hydrogen (secondary N) is 1. The van der Waals surface area contributed by atoms with Crippen molar-refractivity contribution in [1.29, 1.82) is 0 Å². The van der Waals surface area contributed by atoms with Gasteiger partial charge in [-0.25, -0.2) is 4.68 Å². The minimum absolute atomic E-state index is 0.288. The number of hydrogen-bond donors (Lipinski definition) is 1. The van der Waals surface area contributed by atoms with Gasteiger partial charge >= 0.3 is 0 Å². The van der Waals surface area contributed by atoms with Gasteiger partial charge in [-0.05, 0) is 59.5 Å². The van der Waals surface area contributed by atoms with Crippen molar-refractivity contribution in [2.45, 2.75) is 46.7 Å². The summed E-state index contributed by atoms with van der Waals surface area (Å²) in [4.78, 5) is 4.10. The molecule has 4 rings (SSSR count). The van der Waals surface area contributed by atoms with E-state index in [2.05, 4.69) is 66.3 Å². The predicted octanol–water partition coefficient (Wildman–Crippen LogP) is 2.42. The van der Waals surface area contributed by atoms with Crippen LogP contribution in [0.25, 0.3) is 0 Å². The van der Waals surface area contributed by atoms with Gasteiger partial charge in [0, 0.05) is 12.1 Å². The number of benzene rings is 1. The maximum Gasteiger partial charge on any atom is 0.209 e. The molecule has 2 aromatic heterocycles. The highest BCUT2D eigenvalue weighted by atomic mass is 16.3. The second-order valence-corrected chi connectivity index (χ2v) is 8.82. The van der Waals surface area contributed by atoms with Crippen LogP contribution in [0.4, 0.5) is 5.69 Å². The molecule has 0 saturated carbocycles. The van der Waals surface area contributed by atoms with E-state index in [0.717, 1.165) is 44.2 Å². The standard InChI is InChI=1S/C23H32N6O/c1-17(2)15-22(23-24-25-26-29(23)16-20-8-6-14-30-20)28-12-10-27(11-13-28)21-9-5-7-18(3)19(21)4/h5-9,14,17,22H,10-13,15-16H2,1-4H3/p+1/t22-/m0/s1. The van der Waals surface area contributed by atoms with Gasteiger partial charge in [-0.2, -0.15) is 0 Å². The van der Waals surface area contributed by atoms with Crippen molar-refractivity contribution in [3.05, 3.63) is 59.3 Å². The second-order valence-electron chi connectivity index (χ2n) is 8.82. The Labute approximate surface area is 178 Å². The summed E-state index contributed by atoms with van der Waals surface area (Å²) in [5.41, 5.74) is 4.12. The highest BCUT2D eigenvalue weighted by molar-refractivity contribution is 5.56. The third-order valence-corrected chi connectivity index (χ3v) is 6.28. The molecule has 0 amide bonds. The number of aryl methyl sites for hydroxylation is 1. The molecule has 7 heteroatoms. The van der Waals surface area contributed by atoms with E-state index in [1.165, 1.54) is 16.8 Å². The van der Waals surface area contributed by atoms with Gasteiger partial charge in [0.05, 0.1) is 32.4 Å². The number of quaternary nitrogens is 1. The third-order valence-electron chi connectivity index (χ3n) is 6.28. The highest BCUT2D eigenvalue weighted by Crippen LogP contribution is 2.23. The normalized spacial score (nSPS) is 16.4. The summed E-state index contributed by atoms with van der Waals surface area (Å²) < 4.78 is 7.43. The molecule has 30 heavy (non-hydrogen) atoms. The van der Waals surface area contributed by atoms with Crippen LogP contribution in [0, 0.1) is 19.8 Å². The number of furan rings is 1. The molecule has 1 fully saturated rings. The summed E-state index contributed by atoms with van der Waals surface area (Å²) >= 11 is 0. The molecule has 160 valence electrons. The fourth-order valence-electron chi connectivity index (χ4n) is 4.51. The maximum absolute atomic E-state index is 5.52. The average molecular weight is 410 g/mol. The number of tetrazole rings is 1. The Morgan fingerprint density at radius 1 is 1.10 bits per heavy atom. The van der Waals surface area contributed by atoms with Crippen LogP contribution in [0.1, 0.15) is 49.0 Å². The largest absolute Gasteiger partial charge is 0.467 e. The molecule has 0 spiro atoms. The van der Waals surface area contributed by atoms with E-state index < -0.39 is 0 Å². The van der Waals surface area contributed by atoms with Crippen molar-refractivity contribution in [1.82, 2.24) is 20.2 Å². The van der Waals surface area contributed by atoms with Crippen LogP contribution in [0.5, 0.6) is 0 Å². The third kappa shape index (κ3) is 4.41. The molecular weight excluding hydrogens is 376 g/mol. The SMILES string of the molecule is Cc1cccc(N2CC[NH+]([C@@H](CC(C)C)c3nnnn3Cc3ccco3)CC2)c1C. The van der Waals surface area contributed by atoms with Gasteiger partial charge in [0.2, 0.25) is 5.82 Å². The van der Waals surface area contributed by atoms with Crippen molar-refractivity contribution in [2.75, 3.05) is 31.1 Å². The second kappa shape index (κ2) is 9.00. The number of aromatic nitrogens is 4. The zero-order chi connectivity index (χ0) is 21.1. The Hall–Kier alpha value is -2.67. The van der Waals surface area contributed by atoms with Gasteiger partial charge in [0.25, 0.3) is 0 Å². The van der Waals surface area contributed by atoms with E-state index in [-0.39, 0.29) is 6.04 Å². The van der Waals surface area contributed by atoms with Gasteiger partial charge in [-0.15, -0.1) is 5.10 Å². The minimum Gasteiger partial charge on any atom is -0.467 e. The molecular formula is C23H33N6O+. The van der Waals surface area contributed by atoms with Crippen molar-refractivity contribution < 1.29 is 9.32 Å². The first-order valence-corrected chi connectivity index (χ1v) is 11.0. The summed E-state index contributed by atoms with van der Waals surface area (Å²) in [5.74, 6) is 2.42. The smallest absolute Gasteiger partial charge is 0.209 e. The topological polar surface area (TPSA) is 64.4 Å². The van der Waals surface area contributed by atoms with Gasteiger partial charge in [-0.3, -0.25) is 0 Å². The number of piperazine rings is 1. The first kappa shape index (κ1) is 20.6. The number of nitrogens with zero attached hydrogens (tertiary/aromatic N) is 5.